The summed E-state index contributed by atoms with van der Waals surface area (Å²) in [4.78, 5) is 29.0. The molecule has 1 saturated carbocycles. The quantitative estimate of drug-likeness (QED) is 0.819. The molecular formula is C24H29N3O2. The number of rotatable bonds is 6. The number of benzene rings is 2. The van der Waals surface area contributed by atoms with E-state index >= 15 is 0 Å². The topological polar surface area (TPSA) is 52.7 Å². The van der Waals surface area contributed by atoms with Gasteiger partial charge in [0.05, 0.1) is 0 Å². The molecule has 2 aromatic carbocycles. The summed E-state index contributed by atoms with van der Waals surface area (Å²) in [7, 11) is 0. The molecular weight excluding hydrogens is 362 g/mol. The highest BCUT2D eigenvalue weighted by Crippen LogP contribution is 2.31. The summed E-state index contributed by atoms with van der Waals surface area (Å²) in [6.45, 7) is 5.27. The van der Waals surface area contributed by atoms with Crippen molar-refractivity contribution < 1.29 is 9.59 Å². The third-order valence-corrected chi connectivity index (χ3v) is 5.85. The molecule has 0 aromatic heterocycles. The summed E-state index contributed by atoms with van der Waals surface area (Å²) in [5.74, 6) is 0.587. The Bertz CT molecular complexity index is 838. The van der Waals surface area contributed by atoms with Gasteiger partial charge in [0.2, 0.25) is 11.8 Å². The molecule has 5 nitrogen and oxygen atoms in total. The van der Waals surface area contributed by atoms with Gasteiger partial charge in [-0.1, -0.05) is 37.3 Å². The minimum absolute atomic E-state index is 0.0359. The number of hydrogen-bond acceptors (Lipinski definition) is 3. The third-order valence-electron chi connectivity index (χ3n) is 5.85. The SMILES string of the molecule is CC(Cc1ccccc1)C(=O)Nc1ccc(N2CCN(C(=O)C3CC3)CC2)cc1. The fourth-order valence-corrected chi connectivity index (χ4v) is 3.85. The minimum Gasteiger partial charge on any atom is -0.368 e. The van der Waals surface area contributed by atoms with E-state index < -0.39 is 0 Å². The zero-order valence-corrected chi connectivity index (χ0v) is 17.0. The van der Waals surface area contributed by atoms with Gasteiger partial charge in [-0.3, -0.25) is 9.59 Å². The van der Waals surface area contributed by atoms with E-state index in [1.165, 1.54) is 5.56 Å². The van der Waals surface area contributed by atoms with Gasteiger partial charge in [0, 0.05) is 49.4 Å². The predicted molar refractivity (Wildman–Crippen MR) is 116 cm³/mol. The average Bonchev–Trinajstić information content (AvgIpc) is 3.60. The molecule has 0 radical (unpaired) electrons. The van der Waals surface area contributed by atoms with Gasteiger partial charge in [-0.15, -0.1) is 0 Å². The maximum Gasteiger partial charge on any atom is 0.227 e. The predicted octanol–water partition coefficient (Wildman–Crippen LogP) is 3.56. The Balaban J connectivity index is 1.27. The molecule has 1 aliphatic carbocycles. The molecule has 2 amide bonds. The number of amides is 2. The largest absolute Gasteiger partial charge is 0.368 e. The third kappa shape index (κ3) is 4.97. The van der Waals surface area contributed by atoms with Crippen LogP contribution in [0.25, 0.3) is 0 Å². The van der Waals surface area contributed by atoms with E-state index in [-0.39, 0.29) is 11.8 Å². The normalized spacial score (nSPS) is 17.7. The monoisotopic (exact) mass is 391 g/mol. The van der Waals surface area contributed by atoms with Crippen molar-refractivity contribution in [1.29, 1.82) is 0 Å². The number of anilines is 2. The summed E-state index contributed by atoms with van der Waals surface area (Å²) >= 11 is 0. The summed E-state index contributed by atoms with van der Waals surface area (Å²) in [6, 6.07) is 18.1. The van der Waals surface area contributed by atoms with Crippen LogP contribution < -0.4 is 10.2 Å². The van der Waals surface area contributed by atoms with Crippen LogP contribution in [0.4, 0.5) is 11.4 Å². The van der Waals surface area contributed by atoms with E-state index in [2.05, 4.69) is 34.5 Å². The second-order valence-electron chi connectivity index (χ2n) is 8.21. The molecule has 1 saturated heterocycles. The van der Waals surface area contributed by atoms with E-state index in [0.29, 0.717) is 11.8 Å². The standard InChI is InChI=1S/C24H29N3O2/c1-18(17-19-5-3-2-4-6-19)23(28)25-21-9-11-22(12-10-21)26-13-15-27(16-14-26)24(29)20-7-8-20/h2-6,9-12,18,20H,7-8,13-17H2,1H3,(H,25,28). The number of piperazine rings is 1. The highest BCUT2D eigenvalue weighted by molar-refractivity contribution is 5.92. The molecule has 1 atom stereocenters. The molecule has 4 rings (SSSR count). The lowest BCUT2D eigenvalue weighted by atomic mass is 10.0. The van der Waals surface area contributed by atoms with Crippen LogP contribution in [0.2, 0.25) is 0 Å². The van der Waals surface area contributed by atoms with E-state index in [9.17, 15) is 9.59 Å². The van der Waals surface area contributed by atoms with Crippen LogP contribution in [0.15, 0.2) is 54.6 Å². The van der Waals surface area contributed by atoms with Crippen molar-refractivity contribution in [3.8, 4) is 0 Å². The first kappa shape index (κ1) is 19.5. The lowest BCUT2D eigenvalue weighted by molar-refractivity contribution is -0.132. The van der Waals surface area contributed by atoms with Crippen molar-refractivity contribution in [3.05, 3.63) is 60.2 Å². The second kappa shape index (κ2) is 8.68. The van der Waals surface area contributed by atoms with Gasteiger partial charge in [0.1, 0.15) is 0 Å². The first-order valence-corrected chi connectivity index (χ1v) is 10.6. The van der Waals surface area contributed by atoms with Crippen LogP contribution in [-0.4, -0.2) is 42.9 Å². The van der Waals surface area contributed by atoms with E-state index in [4.69, 9.17) is 0 Å². The molecule has 29 heavy (non-hydrogen) atoms. The Morgan fingerprint density at radius 1 is 0.966 bits per heavy atom. The van der Waals surface area contributed by atoms with Crippen LogP contribution in [0.1, 0.15) is 25.3 Å². The number of carbonyl (C=O) groups excluding carboxylic acids is 2. The Morgan fingerprint density at radius 2 is 1.62 bits per heavy atom. The van der Waals surface area contributed by atoms with E-state index in [1.807, 2.05) is 42.2 Å². The molecule has 152 valence electrons. The zero-order valence-electron chi connectivity index (χ0n) is 17.0. The summed E-state index contributed by atoms with van der Waals surface area (Å²) in [5.41, 5.74) is 3.13. The number of hydrogen-bond donors (Lipinski definition) is 1. The summed E-state index contributed by atoms with van der Waals surface area (Å²) < 4.78 is 0. The van der Waals surface area contributed by atoms with Crippen LogP contribution in [0.3, 0.4) is 0 Å². The molecule has 0 spiro atoms. The summed E-state index contributed by atoms with van der Waals surface area (Å²) in [6.07, 6.45) is 2.86. The molecule has 2 fully saturated rings. The maximum atomic E-state index is 12.5. The Kier molecular flexibility index (Phi) is 5.84. The van der Waals surface area contributed by atoms with Crippen LogP contribution >= 0.6 is 0 Å². The zero-order chi connectivity index (χ0) is 20.2. The van der Waals surface area contributed by atoms with Gasteiger partial charge in [-0.05, 0) is 49.1 Å². The van der Waals surface area contributed by atoms with Gasteiger partial charge in [0.15, 0.2) is 0 Å². The highest BCUT2D eigenvalue weighted by Gasteiger charge is 2.34. The van der Waals surface area contributed by atoms with Gasteiger partial charge >= 0.3 is 0 Å². The fourth-order valence-electron chi connectivity index (χ4n) is 3.85. The molecule has 0 bridgehead atoms. The number of nitrogens with zero attached hydrogens (tertiary/aromatic N) is 2. The lowest BCUT2D eigenvalue weighted by Gasteiger charge is -2.36. The van der Waals surface area contributed by atoms with Crippen molar-refractivity contribution >= 4 is 23.2 Å². The van der Waals surface area contributed by atoms with Crippen LogP contribution in [0.5, 0.6) is 0 Å². The maximum absolute atomic E-state index is 12.5. The summed E-state index contributed by atoms with van der Waals surface area (Å²) in [5, 5.41) is 3.02. The van der Waals surface area contributed by atoms with Crippen LogP contribution in [-0.2, 0) is 16.0 Å². The Hall–Kier alpha value is -2.82. The van der Waals surface area contributed by atoms with Crippen molar-refractivity contribution in [2.24, 2.45) is 11.8 Å². The van der Waals surface area contributed by atoms with Crippen molar-refractivity contribution in [2.75, 3.05) is 36.4 Å². The molecule has 1 N–H and O–H groups in total. The minimum atomic E-state index is -0.0887. The number of nitrogens with one attached hydrogen (secondary N) is 1. The van der Waals surface area contributed by atoms with Gasteiger partial charge in [-0.2, -0.15) is 0 Å². The molecule has 1 aliphatic heterocycles. The highest BCUT2D eigenvalue weighted by atomic mass is 16.2. The lowest BCUT2D eigenvalue weighted by Crippen LogP contribution is -2.49. The Morgan fingerprint density at radius 3 is 2.24 bits per heavy atom. The first-order valence-electron chi connectivity index (χ1n) is 10.6. The van der Waals surface area contributed by atoms with Crippen molar-refractivity contribution in [1.82, 2.24) is 4.90 Å². The smallest absolute Gasteiger partial charge is 0.227 e. The van der Waals surface area contributed by atoms with Gasteiger partial charge in [0.25, 0.3) is 0 Å². The molecule has 2 aromatic rings. The van der Waals surface area contributed by atoms with Crippen LogP contribution in [0, 0.1) is 11.8 Å². The molecule has 1 heterocycles. The van der Waals surface area contributed by atoms with E-state index in [0.717, 1.165) is 56.8 Å². The second-order valence-corrected chi connectivity index (χ2v) is 8.21. The van der Waals surface area contributed by atoms with Gasteiger partial charge < -0.3 is 15.1 Å². The Labute approximate surface area is 172 Å². The number of carbonyl (C=O) groups is 2. The van der Waals surface area contributed by atoms with Crippen molar-refractivity contribution in [2.45, 2.75) is 26.2 Å². The first-order chi connectivity index (χ1) is 14.1. The van der Waals surface area contributed by atoms with E-state index in [1.54, 1.807) is 0 Å². The molecule has 2 aliphatic rings. The van der Waals surface area contributed by atoms with Gasteiger partial charge in [-0.25, -0.2) is 0 Å². The fraction of sp³-hybridized carbons (Fsp3) is 0.417. The van der Waals surface area contributed by atoms with Crippen molar-refractivity contribution in [3.63, 3.8) is 0 Å². The average molecular weight is 392 g/mol. The molecule has 5 heteroatoms. The molecule has 1 unspecified atom stereocenters.